The maximum Gasteiger partial charge on any atom is 0.251 e. The average Bonchev–Trinajstić information content (AvgIpc) is 2.94. The minimum absolute atomic E-state index is 0.0480. The first-order chi connectivity index (χ1) is 10.6. The molecule has 2 aromatic rings. The Kier molecular flexibility index (Phi) is 4.34. The number of hydrogen-bond acceptors (Lipinski definition) is 2. The second kappa shape index (κ2) is 6.41. The van der Waals surface area contributed by atoms with E-state index in [-0.39, 0.29) is 11.9 Å². The van der Waals surface area contributed by atoms with Crippen molar-refractivity contribution in [1.82, 2.24) is 5.32 Å². The van der Waals surface area contributed by atoms with Crippen molar-refractivity contribution in [3.63, 3.8) is 0 Å². The van der Waals surface area contributed by atoms with Gasteiger partial charge in [0.15, 0.2) is 0 Å². The smallest absolute Gasteiger partial charge is 0.251 e. The van der Waals surface area contributed by atoms with Crippen LogP contribution in [0.1, 0.15) is 28.4 Å². The van der Waals surface area contributed by atoms with Gasteiger partial charge in [-0.1, -0.05) is 29.8 Å². The summed E-state index contributed by atoms with van der Waals surface area (Å²) in [5.41, 5.74) is 3.05. The Morgan fingerprint density at radius 3 is 3.00 bits per heavy atom. The number of ether oxygens (including phenoxy) is 1. The van der Waals surface area contributed by atoms with Crippen LogP contribution in [0.4, 0.5) is 0 Å². The molecule has 1 amide bonds. The molecule has 1 unspecified atom stereocenters. The lowest BCUT2D eigenvalue weighted by Crippen LogP contribution is -2.34. The molecule has 0 spiro atoms. The molecule has 0 radical (unpaired) electrons. The van der Waals surface area contributed by atoms with Crippen molar-refractivity contribution in [2.75, 3.05) is 6.61 Å². The van der Waals surface area contributed by atoms with Crippen LogP contribution in [0.5, 0.6) is 5.75 Å². The summed E-state index contributed by atoms with van der Waals surface area (Å²) >= 11 is 5.92. The summed E-state index contributed by atoms with van der Waals surface area (Å²) in [6.45, 7) is 2.77. The van der Waals surface area contributed by atoms with E-state index in [0.717, 1.165) is 25.2 Å². The van der Waals surface area contributed by atoms with Gasteiger partial charge in [-0.05, 0) is 48.7 Å². The average molecular weight is 316 g/mol. The van der Waals surface area contributed by atoms with Gasteiger partial charge >= 0.3 is 0 Å². The van der Waals surface area contributed by atoms with Gasteiger partial charge in [-0.25, -0.2) is 0 Å². The third-order valence-corrected chi connectivity index (χ3v) is 4.00. The van der Waals surface area contributed by atoms with Crippen LogP contribution in [-0.4, -0.2) is 18.6 Å². The first-order valence-electron chi connectivity index (χ1n) is 7.43. The number of benzene rings is 2. The Labute approximate surface area is 135 Å². The molecule has 1 aliphatic heterocycles. The highest BCUT2D eigenvalue weighted by Gasteiger charge is 2.14. The minimum atomic E-state index is -0.0977. The zero-order valence-electron chi connectivity index (χ0n) is 12.4. The normalized spacial score (nSPS) is 14.1. The fraction of sp³-hybridized carbons (Fsp3) is 0.278. The number of halogens is 1. The summed E-state index contributed by atoms with van der Waals surface area (Å²) in [7, 11) is 0. The van der Waals surface area contributed by atoms with E-state index >= 15 is 0 Å². The van der Waals surface area contributed by atoms with Gasteiger partial charge in [-0.2, -0.15) is 0 Å². The molecule has 114 valence electrons. The number of carbonyl (C=O) groups excluding carboxylic acids is 1. The van der Waals surface area contributed by atoms with Crippen LogP contribution in [0.3, 0.4) is 0 Å². The van der Waals surface area contributed by atoms with E-state index in [4.69, 9.17) is 16.3 Å². The largest absolute Gasteiger partial charge is 0.493 e. The van der Waals surface area contributed by atoms with Crippen LogP contribution in [0.25, 0.3) is 0 Å². The first kappa shape index (κ1) is 14.9. The molecule has 0 fully saturated rings. The quantitative estimate of drug-likeness (QED) is 0.935. The second-order valence-corrected chi connectivity index (χ2v) is 6.07. The van der Waals surface area contributed by atoms with E-state index in [9.17, 15) is 4.79 Å². The van der Waals surface area contributed by atoms with Crippen LogP contribution in [0.2, 0.25) is 5.02 Å². The number of nitrogens with one attached hydrogen (secondary N) is 1. The molecule has 3 nitrogen and oxygen atoms in total. The Bertz CT molecular complexity index is 699. The van der Waals surface area contributed by atoms with Crippen molar-refractivity contribution < 1.29 is 9.53 Å². The maximum atomic E-state index is 12.2. The molecular weight excluding hydrogens is 298 g/mol. The predicted molar refractivity (Wildman–Crippen MR) is 87.7 cm³/mol. The Hall–Kier alpha value is -2.00. The monoisotopic (exact) mass is 315 g/mol. The molecule has 4 heteroatoms. The number of rotatable bonds is 4. The Morgan fingerprint density at radius 1 is 1.32 bits per heavy atom. The van der Waals surface area contributed by atoms with Crippen molar-refractivity contribution >= 4 is 17.5 Å². The van der Waals surface area contributed by atoms with E-state index in [1.165, 1.54) is 11.1 Å². The number of amides is 1. The van der Waals surface area contributed by atoms with Crippen LogP contribution < -0.4 is 10.1 Å². The van der Waals surface area contributed by atoms with Crippen molar-refractivity contribution in [2.45, 2.75) is 25.8 Å². The summed E-state index contributed by atoms with van der Waals surface area (Å²) in [4.78, 5) is 12.2. The summed E-state index contributed by atoms with van der Waals surface area (Å²) in [5, 5.41) is 3.58. The van der Waals surface area contributed by atoms with E-state index in [2.05, 4.69) is 17.4 Å². The predicted octanol–water partition coefficient (Wildman–Crippen LogP) is 3.64. The highest BCUT2D eigenvalue weighted by atomic mass is 35.5. The van der Waals surface area contributed by atoms with Gasteiger partial charge < -0.3 is 10.1 Å². The van der Waals surface area contributed by atoms with E-state index in [1.807, 2.05) is 13.0 Å². The fourth-order valence-electron chi connectivity index (χ4n) is 2.71. The number of carbonyl (C=O) groups is 1. The highest BCUT2D eigenvalue weighted by Crippen LogP contribution is 2.26. The van der Waals surface area contributed by atoms with E-state index in [0.29, 0.717) is 10.6 Å². The molecule has 1 N–H and O–H groups in total. The minimum Gasteiger partial charge on any atom is -0.493 e. The number of hydrogen-bond donors (Lipinski definition) is 1. The zero-order chi connectivity index (χ0) is 15.5. The molecule has 1 aliphatic rings. The summed E-state index contributed by atoms with van der Waals surface area (Å²) in [6.07, 6.45) is 1.76. The van der Waals surface area contributed by atoms with Gasteiger partial charge in [-0.3, -0.25) is 4.79 Å². The van der Waals surface area contributed by atoms with Crippen LogP contribution in [0.15, 0.2) is 42.5 Å². The summed E-state index contributed by atoms with van der Waals surface area (Å²) < 4.78 is 5.51. The van der Waals surface area contributed by atoms with Gasteiger partial charge in [0, 0.05) is 23.0 Å². The molecule has 22 heavy (non-hydrogen) atoms. The maximum absolute atomic E-state index is 12.2. The lowest BCUT2D eigenvalue weighted by molar-refractivity contribution is 0.0940. The van der Waals surface area contributed by atoms with E-state index in [1.54, 1.807) is 24.3 Å². The molecule has 0 saturated heterocycles. The molecule has 0 aliphatic carbocycles. The van der Waals surface area contributed by atoms with Gasteiger partial charge in [0.1, 0.15) is 5.75 Å². The van der Waals surface area contributed by atoms with Crippen LogP contribution >= 0.6 is 11.6 Å². The van der Waals surface area contributed by atoms with Gasteiger partial charge in [-0.15, -0.1) is 0 Å². The second-order valence-electron chi connectivity index (χ2n) is 5.63. The fourth-order valence-corrected chi connectivity index (χ4v) is 2.90. The van der Waals surface area contributed by atoms with Crippen LogP contribution in [0, 0.1) is 0 Å². The molecular formula is C18H18ClNO2. The third kappa shape index (κ3) is 3.42. The van der Waals surface area contributed by atoms with Crippen molar-refractivity contribution in [3.05, 3.63) is 64.2 Å². The zero-order valence-corrected chi connectivity index (χ0v) is 13.2. The first-order valence-corrected chi connectivity index (χ1v) is 7.80. The van der Waals surface area contributed by atoms with Crippen LogP contribution in [-0.2, 0) is 12.8 Å². The highest BCUT2D eigenvalue weighted by molar-refractivity contribution is 6.30. The standard InChI is InChI=1S/C18H18ClNO2/c1-12(20-18(21)15-3-2-4-16(19)11-15)9-13-5-6-17-14(10-13)7-8-22-17/h2-6,10-12H,7-9H2,1H3,(H,20,21). The van der Waals surface area contributed by atoms with Gasteiger partial charge in [0.25, 0.3) is 5.91 Å². The lowest BCUT2D eigenvalue weighted by Gasteiger charge is -2.14. The summed E-state index contributed by atoms with van der Waals surface area (Å²) in [5.74, 6) is 0.888. The number of fused-ring (bicyclic) bond motifs is 1. The molecule has 1 heterocycles. The Balaban J connectivity index is 1.62. The molecule has 0 aromatic heterocycles. The molecule has 2 aromatic carbocycles. The summed E-state index contributed by atoms with van der Waals surface area (Å²) in [6, 6.07) is 13.3. The van der Waals surface area contributed by atoms with Gasteiger partial charge in [0.2, 0.25) is 0 Å². The Morgan fingerprint density at radius 2 is 2.18 bits per heavy atom. The SMILES string of the molecule is CC(Cc1ccc2c(c1)CCO2)NC(=O)c1cccc(Cl)c1. The van der Waals surface area contributed by atoms with Crippen molar-refractivity contribution in [1.29, 1.82) is 0 Å². The van der Waals surface area contributed by atoms with Gasteiger partial charge in [0.05, 0.1) is 6.61 Å². The molecule has 0 saturated carbocycles. The lowest BCUT2D eigenvalue weighted by atomic mass is 10.0. The van der Waals surface area contributed by atoms with Crippen molar-refractivity contribution in [2.24, 2.45) is 0 Å². The van der Waals surface area contributed by atoms with Crippen molar-refractivity contribution in [3.8, 4) is 5.75 Å². The molecule has 0 bridgehead atoms. The molecule has 1 atom stereocenters. The van der Waals surface area contributed by atoms with E-state index < -0.39 is 0 Å². The third-order valence-electron chi connectivity index (χ3n) is 3.76. The topological polar surface area (TPSA) is 38.3 Å². The molecule has 3 rings (SSSR count).